The Bertz CT molecular complexity index is 414. The second kappa shape index (κ2) is 9.23. The first kappa shape index (κ1) is 21.0. The van der Waals surface area contributed by atoms with E-state index >= 15 is 0 Å². The summed E-state index contributed by atoms with van der Waals surface area (Å²) in [6, 6.07) is -2.25. The topological polar surface area (TPSA) is 133 Å². The van der Waals surface area contributed by atoms with Gasteiger partial charge in [0.25, 0.3) is 5.91 Å². The summed E-state index contributed by atoms with van der Waals surface area (Å²) in [5, 5.41) is 20.2. The van der Waals surface area contributed by atoms with Crippen molar-refractivity contribution >= 4 is 42.4 Å². The third kappa shape index (κ3) is 7.34. The number of carboxylic acid groups (broad SMARTS) is 1. The first-order valence-corrected chi connectivity index (χ1v) is 7.93. The molecular weight excluding hydrogens is 330 g/mol. The van der Waals surface area contributed by atoms with Crippen molar-refractivity contribution in [2.24, 2.45) is 5.73 Å². The summed E-state index contributed by atoms with van der Waals surface area (Å²) in [6.07, 6.45) is 0. The molecule has 22 heavy (non-hydrogen) atoms. The smallest absolute Gasteiger partial charge is 0.328 e. The van der Waals surface area contributed by atoms with E-state index in [9.17, 15) is 19.5 Å². The number of nitrogens with one attached hydrogen (secondary N) is 1. The molecule has 0 aliphatic carbocycles. The highest BCUT2D eigenvalue weighted by Gasteiger charge is 2.33. The van der Waals surface area contributed by atoms with Crippen molar-refractivity contribution < 1.29 is 24.6 Å². The fraction of sp³-hybridized carbons (Fsp3) is 0.750. The number of hydrogen-bond acceptors (Lipinski definition) is 7. The van der Waals surface area contributed by atoms with E-state index in [0.29, 0.717) is 0 Å². The number of carbonyl (C=O) groups excluding carboxylic acids is 2. The maximum absolute atomic E-state index is 12.2. The van der Waals surface area contributed by atoms with Crippen molar-refractivity contribution in [2.75, 3.05) is 18.9 Å². The minimum absolute atomic E-state index is 0.0613. The SMILES string of the molecule is CC(C)(C)SN(C(=O)CNC(=O)[C@@H](N)CO)[C@@H](CS)C(=O)O. The molecule has 2 atom stereocenters. The Hall–Kier alpha value is -0.970. The fourth-order valence-electron chi connectivity index (χ4n) is 1.29. The molecule has 0 spiro atoms. The van der Waals surface area contributed by atoms with E-state index in [4.69, 9.17) is 10.8 Å². The summed E-state index contributed by atoms with van der Waals surface area (Å²) >= 11 is 5.03. The van der Waals surface area contributed by atoms with Crippen LogP contribution in [0.25, 0.3) is 0 Å². The van der Waals surface area contributed by atoms with Crippen LogP contribution in [0.2, 0.25) is 0 Å². The van der Waals surface area contributed by atoms with Crippen LogP contribution in [0, 0.1) is 0 Å². The van der Waals surface area contributed by atoms with Crippen molar-refractivity contribution in [2.45, 2.75) is 37.6 Å². The zero-order valence-corrected chi connectivity index (χ0v) is 14.5. The van der Waals surface area contributed by atoms with Crippen LogP contribution >= 0.6 is 24.6 Å². The lowest BCUT2D eigenvalue weighted by molar-refractivity contribution is -0.144. The molecule has 0 aromatic heterocycles. The van der Waals surface area contributed by atoms with Crippen LogP contribution in [0.3, 0.4) is 0 Å². The summed E-state index contributed by atoms with van der Waals surface area (Å²) in [5.74, 6) is -2.51. The van der Waals surface area contributed by atoms with Crippen LogP contribution < -0.4 is 11.1 Å². The highest BCUT2D eigenvalue weighted by Crippen LogP contribution is 2.29. The first-order chi connectivity index (χ1) is 10.0. The lowest BCUT2D eigenvalue weighted by Gasteiger charge is -2.32. The summed E-state index contributed by atoms with van der Waals surface area (Å²) in [4.78, 5) is 34.9. The number of carboxylic acids is 1. The maximum atomic E-state index is 12.2. The van der Waals surface area contributed by atoms with E-state index in [0.717, 1.165) is 16.3 Å². The van der Waals surface area contributed by atoms with Crippen LogP contribution in [0.4, 0.5) is 0 Å². The van der Waals surface area contributed by atoms with Gasteiger partial charge in [-0.2, -0.15) is 12.6 Å². The normalized spacial score (nSPS) is 14.1. The van der Waals surface area contributed by atoms with Gasteiger partial charge in [-0.25, -0.2) is 4.79 Å². The number of rotatable bonds is 8. The van der Waals surface area contributed by atoms with Gasteiger partial charge in [0, 0.05) is 10.5 Å². The lowest BCUT2D eigenvalue weighted by Crippen LogP contribution is -2.50. The Kier molecular flexibility index (Phi) is 8.83. The summed E-state index contributed by atoms with van der Waals surface area (Å²) in [5.41, 5.74) is 5.32. The molecule has 0 rings (SSSR count). The molecule has 0 fully saturated rings. The first-order valence-electron chi connectivity index (χ1n) is 6.52. The van der Waals surface area contributed by atoms with Crippen molar-refractivity contribution in [3.05, 3.63) is 0 Å². The average molecular weight is 353 g/mol. The number of aliphatic hydroxyl groups is 1. The summed E-state index contributed by atoms with van der Waals surface area (Å²) in [7, 11) is 0. The van der Waals surface area contributed by atoms with E-state index in [1.165, 1.54) is 0 Å². The Labute approximate surface area is 139 Å². The number of nitrogens with two attached hydrogens (primary N) is 1. The van der Waals surface area contributed by atoms with Crippen LogP contribution in [0.15, 0.2) is 0 Å². The third-order valence-corrected chi connectivity index (χ3v) is 3.85. The summed E-state index contributed by atoms with van der Waals surface area (Å²) < 4.78 is 0.692. The predicted molar refractivity (Wildman–Crippen MR) is 87.5 cm³/mol. The van der Waals surface area contributed by atoms with Gasteiger partial charge in [0.15, 0.2) is 0 Å². The van der Waals surface area contributed by atoms with Gasteiger partial charge in [0.2, 0.25) is 5.91 Å². The molecular formula is C12H23N3O5S2. The molecule has 0 radical (unpaired) electrons. The van der Waals surface area contributed by atoms with Crippen molar-refractivity contribution in [1.82, 2.24) is 9.62 Å². The third-order valence-electron chi connectivity index (χ3n) is 2.31. The molecule has 10 heteroatoms. The zero-order chi connectivity index (χ0) is 17.5. The van der Waals surface area contributed by atoms with Gasteiger partial charge in [-0.15, -0.1) is 0 Å². The van der Waals surface area contributed by atoms with E-state index in [2.05, 4.69) is 17.9 Å². The molecule has 5 N–H and O–H groups in total. The molecule has 128 valence electrons. The number of aliphatic carboxylic acids is 1. The minimum atomic E-state index is -1.18. The maximum Gasteiger partial charge on any atom is 0.328 e. The number of carbonyl (C=O) groups is 3. The quantitative estimate of drug-likeness (QED) is 0.281. The van der Waals surface area contributed by atoms with Gasteiger partial charge in [0.1, 0.15) is 12.1 Å². The second-order valence-corrected chi connectivity index (χ2v) is 7.63. The van der Waals surface area contributed by atoms with Gasteiger partial charge in [-0.1, -0.05) is 0 Å². The molecule has 0 aliphatic rings. The molecule has 0 saturated carbocycles. The number of nitrogens with zero attached hydrogens (tertiary/aromatic N) is 1. The Balaban J connectivity index is 4.97. The van der Waals surface area contributed by atoms with Gasteiger partial charge >= 0.3 is 5.97 Å². The van der Waals surface area contributed by atoms with E-state index in [-0.39, 0.29) is 5.75 Å². The van der Waals surface area contributed by atoms with Crippen LogP contribution in [0.1, 0.15) is 20.8 Å². The molecule has 0 heterocycles. The predicted octanol–water partition coefficient (Wildman–Crippen LogP) is -0.919. The minimum Gasteiger partial charge on any atom is -0.480 e. The highest BCUT2D eigenvalue weighted by molar-refractivity contribution is 7.98. The Morgan fingerprint density at radius 3 is 2.27 bits per heavy atom. The Morgan fingerprint density at radius 1 is 1.36 bits per heavy atom. The summed E-state index contributed by atoms with van der Waals surface area (Å²) in [6.45, 7) is 4.53. The molecule has 0 aromatic carbocycles. The second-order valence-electron chi connectivity index (χ2n) is 5.47. The molecule has 2 amide bonds. The van der Waals surface area contributed by atoms with Crippen LogP contribution in [0.5, 0.6) is 0 Å². The molecule has 0 saturated heterocycles. The average Bonchev–Trinajstić information content (AvgIpc) is 2.41. The molecule has 8 nitrogen and oxygen atoms in total. The molecule has 0 bridgehead atoms. The van der Waals surface area contributed by atoms with Gasteiger partial charge in [-0.3, -0.25) is 13.9 Å². The van der Waals surface area contributed by atoms with E-state index in [1.807, 2.05) is 20.8 Å². The van der Waals surface area contributed by atoms with Crippen molar-refractivity contribution in [3.8, 4) is 0 Å². The van der Waals surface area contributed by atoms with Gasteiger partial charge < -0.3 is 21.3 Å². The largest absolute Gasteiger partial charge is 0.480 e. The van der Waals surface area contributed by atoms with Crippen LogP contribution in [-0.4, -0.2) is 68.0 Å². The fourth-order valence-corrected chi connectivity index (χ4v) is 2.77. The van der Waals surface area contributed by atoms with E-state index in [1.54, 1.807) is 0 Å². The van der Waals surface area contributed by atoms with E-state index < -0.39 is 47.8 Å². The number of aliphatic hydroxyl groups excluding tert-OH is 1. The monoisotopic (exact) mass is 353 g/mol. The number of amides is 2. The van der Waals surface area contributed by atoms with Crippen LogP contribution in [-0.2, 0) is 14.4 Å². The van der Waals surface area contributed by atoms with Gasteiger partial charge in [0.05, 0.1) is 13.2 Å². The highest BCUT2D eigenvalue weighted by atomic mass is 32.2. The van der Waals surface area contributed by atoms with Crippen molar-refractivity contribution in [1.29, 1.82) is 0 Å². The molecule has 0 aliphatic heterocycles. The zero-order valence-electron chi connectivity index (χ0n) is 12.8. The molecule has 0 unspecified atom stereocenters. The molecule has 0 aromatic rings. The van der Waals surface area contributed by atoms with Gasteiger partial charge in [-0.05, 0) is 32.7 Å². The van der Waals surface area contributed by atoms with Crippen molar-refractivity contribution in [3.63, 3.8) is 0 Å². The number of hydrogen-bond donors (Lipinski definition) is 5. The standard InChI is InChI=1S/C12H23N3O5S2/c1-12(2,3)22-15(8(6-21)11(19)20)9(17)4-14-10(18)7(13)5-16/h7-8,16,21H,4-6,13H2,1-3H3,(H,14,18)(H,19,20)/t7-,8-/m0/s1. The lowest BCUT2D eigenvalue weighted by atomic mass is 10.3. The Morgan fingerprint density at radius 2 is 1.91 bits per heavy atom. The number of thiol groups is 1.